The van der Waals surface area contributed by atoms with Gasteiger partial charge in [0, 0.05) is 35.5 Å². The average molecular weight is 465 g/mol. The number of halogens is 2. The Bertz CT molecular complexity index is 1380. The first-order valence-corrected chi connectivity index (χ1v) is 10.9. The van der Waals surface area contributed by atoms with Gasteiger partial charge in [0.1, 0.15) is 5.65 Å². The molecule has 1 aliphatic rings. The van der Waals surface area contributed by atoms with Gasteiger partial charge < -0.3 is 9.68 Å². The van der Waals surface area contributed by atoms with Crippen molar-refractivity contribution in [2.24, 2.45) is 0 Å². The predicted octanol–water partition coefficient (Wildman–Crippen LogP) is 4.71. The van der Waals surface area contributed by atoms with Crippen molar-refractivity contribution in [1.82, 2.24) is 9.55 Å². The van der Waals surface area contributed by atoms with Gasteiger partial charge in [-0.05, 0) is 60.8 Å². The van der Waals surface area contributed by atoms with Crippen LogP contribution in [-0.4, -0.2) is 27.5 Å². The Kier molecular flexibility index (Phi) is 5.14. The number of fused-ring (bicyclic) bond motifs is 2. The van der Waals surface area contributed by atoms with Crippen LogP contribution in [0.2, 0.25) is 10.0 Å². The molecule has 2 aromatic carbocycles. The zero-order chi connectivity index (χ0) is 22.6. The molecule has 5 nitrogen and oxygen atoms in total. The Hall–Kier alpha value is -2.64. The van der Waals surface area contributed by atoms with Gasteiger partial charge in [0.25, 0.3) is 0 Å². The second-order valence-electron chi connectivity index (χ2n) is 8.39. The van der Waals surface area contributed by atoms with Crippen LogP contribution in [0.3, 0.4) is 0 Å². The maximum Gasteiger partial charge on any atom is 0.492 e. The molecular weight excluding hydrogens is 446 g/mol. The molecule has 0 saturated carbocycles. The molecule has 0 bridgehead atoms. The number of aromatic nitrogens is 2. The first kappa shape index (κ1) is 21.2. The average Bonchev–Trinajstić information content (AvgIpc) is 3.21. The number of benzene rings is 2. The van der Waals surface area contributed by atoms with Crippen LogP contribution in [0.4, 0.5) is 0 Å². The number of ketones is 1. The van der Waals surface area contributed by atoms with E-state index in [2.05, 4.69) is 4.98 Å². The number of Topliss-reactive ketones (excluding diaryl/α,β-unsaturated/α-hetero) is 1. The molecule has 160 valence electrons. The molecule has 0 atom stereocenters. The molecule has 0 unspecified atom stereocenters. The smallest absolute Gasteiger partial charge is 0.423 e. The first-order chi connectivity index (χ1) is 15.2. The fourth-order valence-electron chi connectivity index (χ4n) is 4.26. The van der Waals surface area contributed by atoms with Crippen molar-refractivity contribution < 1.29 is 14.5 Å². The molecule has 0 amide bonds. The molecule has 3 heterocycles. The molecule has 4 aromatic rings. The molecular formula is C24H19BCl2N2O3. The van der Waals surface area contributed by atoms with E-state index in [1.807, 2.05) is 54.8 Å². The van der Waals surface area contributed by atoms with Crippen LogP contribution < -0.4 is 5.46 Å². The molecule has 5 rings (SSSR count). The van der Waals surface area contributed by atoms with Crippen LogP contribution in [0.15, 0.2) is 60.9 Å². The summed E-state index contributed by atoms with van der Waals surface area (Å²) >= 11 is 12.8. The number of nitrogens with zero attached hydrogens (tertiary/aromatic N) is 2. The van der Waals surface area contributed by atoms with Crippen molar-refractivity contribution in [3.8, 4) is 5.69 Å². The van der Waals surface area contributed by atoms with E-state index < -0.39 is 12.7 Å². The fourth-order valence-corrected chi connectivity index (χ4v) is 4.78. The molecule has 0 radical (unpaired) electrons. The summed E-state index contributed by atoms with van der Waals surface area (Å²) < 4.78 is 7.45. The summed E-state index contributed by atoms with van der Waals surface area (Å²) in [6, 6.07) is 14.6. The van der Waals surface area contributed by atoms with Crippen molar-refractivity contribution in [3.05, 3.63) is 87.7 Å². The quantitative estimate of drug-likeness (QED) is 0.351. The first-order valence-electron chi connectivity index (χ1n) is 10.2. The lowest BCUT2D eigenvalue weighted by atomic mass is 9.77. The lowest BCUT2D eigenvalue weighted by Gasteiger charge is -2.19. The van der Waals surface area contributed by atoms with E-state index in [9.17, 15) is 9.82 Å². The van der Waals surface area contributed by atoms with Gasteiger partial charge in [-0.2, -0.15) is 0 Å². The number of carbonyl (C=O) groups excluding carboxylic acids is 1. The van der Waals surface area contributed by atoms with Crippen LogP contribution in [-0.2, 0) is 16.7 Å². The Balaban J connectivity index is 1.43. The monoisotopic (exact) mass is 464 g/mol. The summed E-state index contributed by atoms with van der Waals surface area (Å²) in [6.07, 6.45) is 3.65. The Morgan fingerprint density at radius 2 is 1.97 bits per heavy atom. The highest BCUT2D eigenvalue weighted by Crippen LogP contribution is 2.31. The number of carbonyl (C=O) groups is 1. The largest absolute Gasteiger partial charge is 0.492 e. The van der Waals surface area contributed by atoms with Gasteiger partial charge >= 0.3 is 7.12 Å². The topological polar surface area (TPSA) is 64.3 Å². The van der Waals surface area contributed by atoms with Crippen molar-refractivity contribution in [2.75, 3.05) is 0 Å². The van der Waals surface area contributed by atoms with Crippen molar-refractivity contribution in [1.29, 1.82) is 0 Å². The number of pyridine rings is 1. The van der Waals surface area contributed by atoms with Gasteiger partial charge in [-0.25, -0.2) is 4.98 Å². The molecule has 0 fully saturated rings. The van der Waals surface area contributed by atoms with Gasteiger partial charge in [0.05, 0.1) is 15.6 Å². The minimum Gasteiger partial charge on any atom is -0.423 e. The Morgan fingerprint density at radius 1 is 1.16 bits per heavy atom. The molecule has 1 N–H and O–H groups in total. The highest BCUT2D eigenvalue weighted by Gasteiger charge is 2.40. The summed E-state index contributed by atoms with van der Waals surface area (Å²) in [6.45, 7) is 3.82. The highest BCUT2D eigenvalue weighted by molar-refractivity contribution is 6.62. The summed E-state index contributed by atoms with van der Waals surface area (Å²) in [7, 11) is -0.991. The second kappa shape index (κ2) is 7.75. The maximum absolute atomic E-state index is 13.0. The lowest BCUT2D eigenvalue weighted by Crippen LogP contribution is -2.29. The minimum atomic E-state index is -0.991. The fraction of sp³-hybridized carbons (Fsp3) is 0.167. The summed E-state index contributed by atoms with van der Waals surface area (Å²) in [4.78, 5) is 17.4. The number of rotatable bonds is 4. The van der Waals surface area contributed by atoms with E-state index in [1.165, 1.54) is 0 Å². The second-order valence-corrected chi connectivity index (χ2v) is 9.20. The van der Waals surface area contributed by atoms with Gasteiger partial charge in [0.15, 0.2) is 5.78 Å². The van der Waals surface area contributed by atoms with Crippen LogP contribution in [0.1, 0.15) is 35.3 Å². The predicted molar refractivity (Wildman–Crippen MR) is 127 cm³/mol. The molecule has 0 saturated heterocycles. The third-order valence-corrected chi connectivity index (χ3v) is 6.46. The van der Waals surface area contributed by atoms with E-state index in [1.54, 1.807) is 24.5 Å². The van der Waals surface area contributed by atoms with Gasteiger partial charge in [-0.1, -0.05) is 41.4 Å². The van der Waals surface area contributed by atoms with Crippen LogP contribution in [0.5, 0.6) is 0 Å². The van der Waals surface area contributed by atoms with Crippen LogP contribution in [0.25, 0.3) is 16.7 Å². The van der Waals surface area contributed by atoms with E-state index in [4.69, 9.17) is 27.9 Å². The molecule has 8 heteroatoms. The normalized spacial score (nSPS) is 14.7. The molecule has 0 aliphatic carbocycles. The Labute approximate surface area is 195 Å². The number of hydrogen-bond donors (Lipinski definition) is 1. The third kappa shape index (κ3) is 3.53. The number of hydrogen-bond acceptors (Lipinski definition) is 4. The minimum absolute atomic E-state index is 0.109. The van der Waals surface area contributed by atoms with Crippen LogP contribution >= 0.6 is 23.2 Å². The SMILES string of the molecule is CC1(C)OB(O)c2cc(CC(=O)c3ccc(-n4cc(Cl)c5cccnc54)cc3Cl)ccc21. The van der Waals surface area contributed by atoms with Gasteiger partial charge in [-0.3, -0.25) is 9.36 Å². The van der Waals surface area contributed by atoms with Gasteiger partial charge in [0.2, 0.25) is 0 Å². The Morgan fingerprint density at radius 3 is 2.75 bits per heavy atom. The third-order valence-electron chi connectivity index (χ3n) is 5.85. The zero-order valence-corrected chi connectivity index (χ0v) is 19.0. The standard InChI is InChI=1S/C24H19BCl2N2O3/c1-24(2)18-8-5-14(10-19(18)25(31)32-24)11-22(30)16-7-6-15(12-20(16)26)29-13-21(27)17-4-3-9-28-23(17)29/h3-10,12-13,31H,11H2,1-2H3. The molecule has 2 aromatic heterocycles. The molecule has 0 spiro atoms. The van der Waals surface area contributed by atoms with E-state index in [-0.39, 0.29) is 12.2 Å². The molecule has 1 aliphatic heterocycles. The van der Waals surface area contributed by atoms with Crippen molar-refractivity contribution >= 4 is 52.6 Å². The van der Waals surface area contributed by atoms with E-state index in [0.717, 1.165) is 27.8 Å². The van der Waals surface area contributed by atoms with E-state index in [0.29, 0.717) is 21.1 Å². The highest BCUT2D eigenvalue weighted by atomic mass is 35.5. The summed E-state index contributed by atoms with van der Waals surface area (Å²) in [5.74, 6) is -0.109. The van der Waals surface area contributed by atoms with Crippen molar-refractivity contribution in [3.63, 3.8) is 0 Å². The zero-order valence-electron chi connectivity index (χ0n) is 17.5. The summed E-state index contributed by atoms with van der Waals surface area (Å²) in [5.41, 5.74) is 3.78. The molecule has 32 heavy (non-hydrogen) atoms. The van der Waals surface area contributed by atoms with Gasteiger partial charge in [-0.15, -0.1) is 0 Å². The van der Waals surface area contributed by atoms with E-state index >= 15 is 0 Å². The maximum atomic E-state index is 13.0. The van der Waals surface area contributed by atoms with Crippen molar-refractivity contribution in [2.45, 2.75) is 25.9 Å². The summed E-state index contributed by atoms with van der Waals surface area (Å²) in [5, 5.41) is 12.0. The lowest BCUT2D eigenvalue weighted by molar-refractivity contribution is 0.0991. The van der Waals surface area contributed by atoms with Crippen LogP contribution in [0, 0.1) is 0 Å².